The topological polar surface area (TPSA) is 60.1 Å². The van der Waals surface area contributed by atoms with E-state index in [1.165, 1.54) is 6.26 Å². The van der Waals surface area contributed by atoms with Gasteiger partial charge in [0, 0.05) is 12.4 Å². The number of aromatic nitrogens is 2. The number of furan rings is 1. The Morgan fingerprint density at radius 3 is 3.17 bits per heavy atom. The second-order valence-corrected chi connectivity index (χ2v) is 4.57. The van der Waals surface area contributed by atoms with Crippen LogP contribution >= 0.6 is 0 Å². The zero-order valence-corrected chi connectivity index (χ0v) is 9.95. The van der Waals surface area contributed by atoms with Crippen molar-refractivity contribution in [3.8, 4) is 0 Å². The third-order valence-corrected chi connectivity index (χ3v) is 3.45. The van der Waals surface area contributed by atoms with Crippen LogP contribution in [0.25, 0.3) is 0 Å². The van der Waals surface area contributed by atoms with E-state index in [9.17, 15) is 4.79 Å². The van der Waals surface area contributed by atoms with E-state index in [-0.39, 0.29) is 11.9 Å². The van der Waals surface area contributed by atoms with E-state index in [0.29, 0.717) is 11.8 Å². The van der Waals surface area contributed by atoms with Crippen LogP contribution in [0.3, 0.4) is 0 Å². The third kappa shape index (κ3) is 2.03. The summed E-state index contributed by atoms with van der Waals surface area (Å²) in [4.78, 5) is 16.0. The molecular weight excluding hydrogens is 230 g/mol. The Morgan fingerprint density at radius 2 is 2.44 bits per heavy atom. The van der Waals surface area contributed by atoms with Gasteiger partial charge in [0.25, 0.3) is 5.91 Å². The van der Waals surface area contributed by atoms with Crippen LogP contribution in [0.15, 0.2) is 41.5 Å². The zero-order valence-electron chi connectivity index (χ0n) is 9.95. The molecule has 18 heavy (non-hydrogen) atoms. The minimum Gasteiger partial charge on any atom is -0.459 e. The minimum absolute atomic E-state index is 0.142. The van der Waals surface area contributed by atoms with Gasteiger partial charge in [-0.2, -0.15) is 0 Å². The highest BCUT2D eigenvalue weighted by Crippen LogP contribution is 2.30. The lowest BCUT2D eigenvalue weighted by molar-refractivity contribution is 0.0900. The molecule has 0 saturated heterocycles. The van der Waals surface area contributed by atoms with Gasteiger partial charge in [-0.15, -0.1) is 0 Å². The number of nitrogens with one attached hydrogen (secondary N) is 1. The fourth-order valence-electron chi connectivity index (χ4n) is 2.58. The Balaban J connectivity index is 1.70. The summed E-state index contributed by atoms with van der Waals surface area (Å²) in [5, 5.41) is 3.04. The summed E-state index contributed by atoms with van der Waals surface area (Å²) >= 11 is 0. The van der Waals surface area contributed by atoms with Gasteiger partial charge in [-0.1, -0.05) is 0 Å². The second-order valence-electron chi connectivity index (χ2n) is 4.57. The van der Waals surface area contributed by atoms with Crippen molar-refractivity contribution in [1.29, 1.82) is 0 Å². The van der Waals surface area contributed by atoms with Crippen LogP contribution in [0, 0.1) is 0 Å². The summed E-state index contributed by atoms with van der Waals surface area (Å²) in [5.74, 6) is 0.225. The van der Waals surface area contributed by atoms with Crippen molar-refractivity contribution in [3.63, 3.8) is 0 Å². The van der Waals surface area contributed by atoms with Crippen molar-refractivity contribution in [1.82, 2.24) is 14.9 Å². The first-order chi connectivity index (χ1) is 8.84. The number of rotatable bonds is 3. The van der Waals surface area contributed by atoms with Crippen molar-refractivity contribution in [2.75, 3.05) is 0 Å². The molecule has 5 nitrogen and oxygen atoms in total. The van der Waals surface area contributed by atoms with Gasteiger partial charge in [-0.05, 0) is 31.4 Å². The van der Waals surface area contributed by atoms with E-state index in [1.54, 1.807) is 18.3 Å². The maximum absolute atomic E-state index is 11.9. The highest BCUT2D eigenvalue weighted by atomic mass is 16.3. The summed E-state index contributed by atoms with van der Waals surface area (Å²) in [6, 6.07) is 3.84. The number of hydrogen-bond donors (Lipinski definition) is 1. The van der Waals surface area contributed by atoms with E-state index in [0.717, 1.165) is 19.3 Å². The predicted molar refractivity (Wildman–Crippen MR) is 65.1 cm³/mol. The molecule has 1 saturated carbocycles. The Kier molecular flexibility index (Phi) is 2.88. The molecular formula is C13H15N3O2. The first-order valence-corrected chi connectivity index (χ1v) is 6.16. The fourth-order valence-corrected chi connectivity index (χ4v) is 2.58. The molecule has 1 amide bonds. The normalized spacial score (nSPS) is 23.1. The highest BCUT2D eigenvalue weighted by Gasteiger charge is 2.30. The largest absolute Gasteiger partial charge is 0.459 e. The summed E-state index contributed by atoms with van der Waals surface area (Å²) in [7, 11) is 0. The van der Waals surface area contributed by atoms with E-state index in [1.807, 2.05) is 12.5 Å². The van der Waals surface area contributed by atoms with Gasteiger partial charge < -0.3 is 14.3 Å². The molecule has 1 fully saturated rings. The van der Waals surface area contributed by atoms with Gasteiger partial charge in [-0.3, -0.25) is 4.79 Å². The number of amides is 1. The molecule has 3 rings (SSSR count). The van der Waals surface area contributed by atoms with E-state index >= 15 is 0 Å². The monoisotopic (exact) mass is 245 g/mol. The van der Waals surface area contributed by atoms with Crippen LogP contribution in [0.1, 0.15) is 35.9 Å². The Bertz CT molecular complexity index is 504. The number of carbonyl (C=O) groups excluding carboxylic acids is 1. The Labute approximate surface area is 105 Å². The quantitative estimate of drug-likeness (QED) is 0.899. The Morgan fingerprint density at radius 1 is 1.50 bits per heavy atom. The first-order valence-electron chi connectivity index (χ1n) is 6.16. The van der Waals surface area contributed by atoms with Gasteiger partial charge >= 0.3 is 0 Å². The maximum Gasteiger partial charge on any atom is 0.287 e. The summed E-state index contributed by atoms with van der Waals surface area (Å²) in [5.41, 5.74) is 0. The van der Waals surface area contributed by atoms with Gasteiger partial charge in [0.05, 0.1) is 24.7 Å². The maximum atomic E-state index is 11.9. The lowest BCUT2D eigenvalue weighted by Gasteiger charge is -2.21. The van der Waals surface area contributed by atoms with Crippen LogP contribution < -0.4 is 5.32 Å². The molecule has 2 aromatic rings. The molecule has 0 radical (unpaired) electrons. The fraction of sp³-hybridized carbons (Fsp3) is 0.385. The SMILES string of the molecule is O=C(NC1CCCC1n1ccnc1)c1ccco1. The molecule has 0 aliphatic heterocycles. The van der Waals surface area contributed by atoms with Crippen LogP contribution in [0.2, 0.25) is 0 Å². The smallest absolute Gasteiger partial charge is 0.287 e. The van der Waals surface area contributed by atoms with Gasteiger partial charge in [0.1, 0.15) is 0 Å². The average molecular weight is 245 g/mol. The number of carbonyl (C=O) groups is 1. The Hall–Kier alpha value is -2.04. The molecule has 2 heterocycles. The lowest BCUT2D eigenvalue weighted by atomic mass is 10.1. The van der Waals surface area contributed by atoms with Crippen LogP contribution in [0.5, 0.6) is 0 Å². The molecule has 2 atom stereocenters. The van der Waals surface area contributed by atoms with Gasteiger partial charge in [-0.25, -0.2) is 4.98 Å². The molecule has 2 unspecified atom stereocenters. The van der Waals surface area contributed by atoms with Gasteiger partial charge in [0.15, 0.2) is 5.76 Å². The van der Waals surface area contributed by atoms with Gasteiger partial charge in [0.2, 0.25) is 0 Å². The summed E-state index contributed by atoms with van der Waals surface area (Å²) < 4.78 is 7.17. The molecule has 1 N–H and O–H groups in total. The van der Waals surface area contributed by atoms with Crippen molar-refractivity contribution in [2.45, 2.75) is 31.3 Å². The second kappa shape index (κ2) is 4.68. The number of imidazole rings is 1. The van der Waals surface area contributed by atoms with Crippen LogP contribution in [0.4, 0.5) is 0 Å². The summed E-state index contributed by atoms with van der Waals surface area (Å²) in [6.07, 6.45) is 10.2. The van der Waals surface area contributed by atoms with Crippen LogP contribution in [-0.2, 0) is 0 Å². The number of hydrogen-bond acceptors (Lipinski definition) is 3. The molecule has 5 heteroatoms. The van der Waals surface area contributed by atoms with E-state index in [2.05, 4.69) is 14.9 Å². The standard InChI is InChI=1S/C13H15N3O2/c17-13(12-5-2-8-18-12)15-10-3-1-4-11(10)16-7-6-14-9-16/h2,5-11H,1,3-4H2,(H,15,17). The van der Waals surface area contributed by atoms with Crippen LogP contribution in [-0.4, -0.2) is 21.5 Å². The number of nitrogens with zero attached hydrogens (tertiary/aromatic N) is 2. The summed E-state index contributed by atoms with van der Waals surface area (Å²) in [6.45, 7) is 0. The molecule has 0 aromatic carbocycles. The zero-order chi connectivity index (χ0) is 12.4. The average Bonchev–Trinajstić information content (AvgIpc) is 3.11. The van der Waals surface area contributed by atoms with Crippen molar-refractivity contribution < 1.29 is 9.21 Å². The lowest BCUT2D eigenvalue weighted by Crippen LogP contribution is -2.37. The molecule has 1 aliphatic carbocycles. The van der Waals surface area contributed by atoms with Crippen molar-refractivity contribution >= 4 is 5.91 Å². The molecule has 0 spiro atoms. The first kappa shape index (κ1) is 11.1. The molecule has 2 aromatic heterocycles. The molecule has 1 aliphatic rings. The highest BCUT2D eigenvalue weighted by molar-refractivity contribution is 5.91. The minimum atomic E-state index is -0.142. The van der Waals surface area contributed by atoms with E-state index in [4.69, 9.17) is 4.42 Å². The third-order valence-electron chi connectivity index (χ3n) is 3.45. The van der Waals surface area contributed by atoms with Crippen molar-refractivity contribution in [3.05, 3.63) is 42.9 Å². The molecule has 0 bridgehead atoms. The molecule has 94 valence electrons. The predicted octanol–water partition coefficient (Wildman–Crippen LogP) is 2.00. The van der Waals surface area contributed by atoms with Crippen molar-refractivity contribution in [2.24, 2.45) is 0 Å². The van der Waals surface area contributed by atoms with E-state index < -0.39 is 0 Å².